The molecule has 1 aliphatic rings. The highest BCUT2D eigenvalue weighted by molar-refractivity contribution is 7.89. The van der Waals surface area contributed by atoms with Gasteiger partial charge in [0.1, 0.15) is 0 Å². The van der Waals surface area contributed by atoms with E-state index in [-0.39, 0.29) is 29.8 Å². The predicted octanol–water partition coefficient (Wildman–Crippen LogP) is 1.67. The summed E-state index contributed by atoms with van der Waals surface area (Å²) < 4.78 is 26.4. The highest BCUT2D eigenvalue weighted by atomic mass is 35.5. The van der Waals surface area contributed by atoms with Crippen molar-refractivity contribution in [1.82, 2.24) is 14.5 Å². The Labute approximate surface area is 157 Å². The number of benzene rings is 1. The molecule has 1 N–H and O–H groups in total. The van der Waals surface area contributed by atoms with E-state index >= 15 is 0 Å². The molecule has 1 aromatic carbocycles. The number of hydrogen-bond donors (Lipinski definition) is 1. The molecule has 25 heavy (non-hydrogen) atoms. The molecular formula is C17H28ClN3O3S. The van der Waals surface area contributed by atoms with Crippen molar-refractivity contribution in [3.05, 3.63) is 29.8 Å². The largest absolute Gasteiger partial charge is 0.339 e. The van der Waals surface area contributed by atoms with Crippen LogP contribution in [-0.2, 0) is 14.8 Å². The van der Waals surface area contributed by atoms with Gasteiger partial charge in [0.05, 0.1) is 11.4 Å². The molecule has 1 saturated heterocycles. The number of amides is 1. The number of halogens is 1. The number of nitrogens with zero attached hydrogens (tertiary/aromatic N) is 2. The smallest absolute Gasteiger partial charge is 0.243 e. The zero-order valence-corrected chi connectivity index (χ0v) is 16.7. The van der Waals surface area contributed by atoms with Crippen LogP contribution in [0.2, 0.25) is 0 Å². The molecule has 0 saturated carbocycles. The summed E-state index contributed by atoms with van der Waals surface area (Å²) in [4.78, 5) is 14.2. The number of rotatable bonds is 6. The van der Waals surface area contributed by atoms with Crippen molar-refractivity contribution < 1.29 is 13.2 Å². The maximum absolute atomic E-state index is 12.6. The molecule has 1 fully saturated rings. The Hall–Kier alpha value is -1.15. The summed E-state index contributed by atoms with van der Waals surface area (Å²) in [6.45, 7) is 6.83. The Morgan fingerprint density at radius 3 is 2.32 bits per heavy atom. The Balaban J connectivity index is 0.00000312. The lowest BCUT2D eigenvalue weighted by molar-refractivity contribution is -0.131. The molecule has 0 bridgehead atoms. The quantitative estimate of drug-likeness (QED) is 0.803. The van der Waals surface area contributed by atoms with E-state index < -0.39 is 10.0 Å². The average Bonchev–Trinajstić information content (AvgIpc) is 2.61. The molecule has 142 valence electrons. The van der Waals surface area contributed by atoms with Gasteiger partial charge in [-0.2, -0.15) is 4.31 Å². The molecule has 1 aromatic rings. The van der Waals surface area contributed by atoms with Crippen molar-refractivity contribution in [1.29, 1.82) is 0 Å². The van der Waals surface area contributed by atoms with E-state index in [1.807, 2.05) is 12.1 Å². The molecule has 0 spiro atoms. The first-order valence-corrected chi connectivity index (χ1v) is 9.85. The van der Waals surface area contributed by atoms with E-state index in [9.17, 15) is 13.2 Å². The lowest BCUT2D eigenvalue weighted by atomic mass is 9.99. The van der Waals surface area contributed by atoms with Crippen LogP contribution < -0.4 is 5.32 Å². The molecule has 2 rings (SSSR count). The first kappa shape index (κ1) is 21.9. The number of likely N-dealkylation sites (N-methyl/N-ethyl adjacent to an activating group) is 1. The van der Waals surface area contributed by atoms with Gasteiger partial charge in [-0.25, -0.2) is 8.42 Å². The summed E-state index contributed by atoms with van der Waals surface area (Å²) in [7, 11) is -2.20. The minimum absolute atomic E-state index is 0. The van der Waals surface area contributed by atoms with Crippen molar-refractivity contribution in [3.63, 3.8) is 0 Å². The van der Waals surface area contributed by atoms with E-state index in [0.29, 0.717) is 19.0 Å². The van der Waals surface area contributed by atoms with Crippen LogP contribution in [0.4, 0.5) is 0 Å². The Morgan fingerprint density at radius 2 is 1.80 bits per heavy atom. The molecule has 6 nitrogen and oxygen atoms in total. The molecule has 1 amide bonds. The third-order valence-electron chi connectivity index (χ3n) is 4.60. The third-order valence-corrected chi connectivity index (χ3v) is 6.41. The van der Waals surface area contributed by atoms with Gasteiger partial charge in [-0.15, -0.1) is 12.4 Å². The zero-order valence-electron chi connectivity index (χ0n) is 15.1. The van der Waals surface area contributed by atoms with E-state index in [4.69, 9.17) is 0 Å². The summed E-state index contributed by atoms with van der Waals surface area (Å²) in [5, 5.41) is 3.17. The molecule has 0 aliphatic carbocycles. The maximum Gasteiger partial charge on any atom is 0.243 e. The lowest BCUT2D eigenvalue weighted by Gasteiger charge is -2.29. The minimum atomic E-state index is -3.65. The molecule has 1 heterocycles. The Kier molecular flexibility index (Phi) is 8.34. The average molecular weight is 390 g/mol. The normalized spacial score (nSPS) is 16.4. The number of nitrogens with one attached hydrogen (secondary N) is 1. The van der Waals surface area contributed by atoms with E-state index in [0.717, 1.165) is 29.4 Å². The highest BCUT2D eigenvalue weighted by Crippen LogP contribution is 2.21. The number of piperazine rings is 1. The van der Waals surface area contributed by atoms with Gasteiger partial charge in [0.2, 0.25) is 15.9 Å². The Bertz CT molecular complexity index is 658. The summed E-state index contributed by atoms with van der Waals surface area (Å²) in [5.74, 6) is 0.243. The van der Waals surface area contributed by atoms with Crippen molar-refractivity contribution in [2.45, 2.75) is 31.1 Å². The van der Waals surface area contributed by atoms with Gasteiger partial charge in [-0.05, 0) is 30.0 Å². The monoisotopic (exact) mass is 389 g/mol. The van der Waals surface area contributed by atoms with Crippen molar-refractivity contribution in [2.75, 3.05) is 39.8 Å². The van der Waals surface area contributed by atoms with Crippen LogP contribution in [0.3, 0.4) is 0 Å². The number of carbonyl (C=O) groups is 1. The van der Waals surface area contributed by atoms with E-state index in [1.165, 1.54) is 7.05 Å². The Morgan fingerprint density at radius 1 is 1.24 bits per heavy atom. The standard InChI is InChI=1S/C17H27N3O3S.ClH/c1-4-14(2)15-5-7-16(8-6-15)24(22,23)19(3)13-17(21)20-11-9-18-10-12-20;/h5-8,14,18H,4,9-13H2,1-3H3;1H. The number of hydrogen-bond acceptors (Lipinski definition) is 4. The van der Waals surface area contributed by atoms with Crippen LogP contribution >= 0.6 is 12.4 Å². The molecular weight excluding hydrogens is 362 g/mol. The fourth-order valence-corrected chi connectivity index (χ4v) is 3.79. The topological polar surface area (TPSA) is 69.7 Å². The van der Waals surface area contributed by atoms with Crippen LogP contribution in [0.25, 0.3) is 0 Å². The maximum atomic E-state index is 12.6. The number of carbonyl (C=O) groups excluding carboxylic acids is 1. The SMILES string of the molecule is CCC(C)c1ccc(S(=O)(=O)N(C)CC(=O)N2CCNCC2)cc1.Cl. The van der Waals surface area contributed by atoms with Crippen LogP contribution in [0.15, 0.2) is 29.2 Å². The molecule has 1 unspecified atom stereocenters. The van der Waals surface area contributed by atoms with Gasteiger partial charge in [-0.1, -0.05) is 26.0 Å². The van der Waals surface area contributed by atoms with Gasteiger partial charge in [-0.3, -0.25) is 4.79 Å². The van der Waals surface area contributed by atoms with Crippen molar-refractivity contribution >= 4 is 28.3 Å². The summed E-state index contributed by atoms with van der Waals surface area (Å²) in [6, 6.07) is 6.96. The molecule has 1 aliphatic heterocycles. The first-order valence-electron chi connectivity index (χ1n) is 8.41. The van der Waals surface area contributed by atoms with Crippen molar-refractivity contribution in [3.8, 4) is 0 Å². The third kappa shape index (κ3) is 5.41. The van der Waals surface area contributed by atoms with Gasteiger partial charge < -0.3 is 10.2 Å². The minimum Gasteiger partial charge on any atom is -0.339 e. The summed E-state index contributed by atoms with van der Waals surface area (Å²) in [6.07, 6.45) is 1.01. The van der Waals surface area contributed by atoms with Crippen molar-refractivity contribution in [2.24, 2.45) is 0 Å². The molecule has 0 radical (unpaired) electrons. The lowest BCUT2D eigenvalue weighted by Crippen LogP contribution is -2.49. The van der Waals surface area contributed by atoms with Gasteiger partial charge >= 0.3 is 0 Å². The van der Waals surface area contributed by atoms with Gasteiger partial charge in [0, 0.05) is 33.2 Å². The van der Waals surface area contributed by atoms with Crippen LogP contribution in [0, 0.1) is 0 Å². The fourth-order valence-electron chi connectivity index (χ4n) is 2.67. The summed E-state index contributed by atoms with van der Waals surface area (Å²) in [5.41, 5.74) is 1.12. The highest BCUT2D eigenvalue weighted by Gasteiger charge is 2.25. The van der Waals surface area contributed by atoms with Crippen LogP contribution in [0.1, 0.15) is 31.7 Å². The van der Waals surface area contributed by atoms with Crippen LogP contribution in [-0.4, -0.2) is 63.3 Å². The van der Waals surface area contributed by atoms with Crippen LogP contribution in [0.5, 0.6) is 0 Å². The number of sulfonamides is 1. The second-order valence-corrected chi connectivity index (χ2v) is 8.32. The second kappa shape index (κ2) is 9.52. The summed E-state index contributed by atoms with van der Waals surface area (Å²) >= 11 is 0. The first-order chi connectivity index (χ1) is 11.4. The van der Waals surface area contributed by atoms with E-state index in [1.54, 1.807) is 17.0 Å². The molecule has 1 atom stereocenters. The molecule has 0 aromatic heterocycles. The fraction of sp³-hybridized carbons (Fsp3) is 0.588. The predicted molar refractivity (Wildman–Crippen MR) is 102 cm³/mol. The van der Waals surface area contributed by atoms with Gasteiger partial charge in [0.15, 0.2) is 0 Å². The van der Waals surface area contributed by atoms with Gasteiger partial charge in [0.25, 0.3) is 0 Å². The molecule has 8 heteroatoms. The van der Waals surface area contributed by atoms with E-state index in [2.05, 4.69) is 19.2 Å². The second-order valence-electron chi connectivity index (χ2n) is 6.27. The zero-order chi connectivity index (χ0) is 17.7.